The van der Waals surface area contributed by atoms with Gasteiger partial charge in [0, 0.05) is 34.1 Å². The van der Waals surface area contributed by atoms with Crippen LogP contribution in [-0.4, -0.2) is 19.9 Å². The van der Waals surface area contributed by atoms with Crippen molar-refractivity contribution in [3.8, 4) is 11.1 Å². The molecule has 0 bridgehead atoms. The van der Waals surface area contributed by atoms with Crippen molar-refractivity contribution in [1.82, 2.24) is 19.9 Å². The summed E-state index contributed by atoms with van der Waals surface area (Å²) in [6.07, 6.45) is 3.81. The average molecular weight is 284 g/mol. The molecule has 0 saturated heterocycles. The second-order valence-electron chi connectivity index (χ2n) is 5.37. The number of H-pyrrole nitrogens is 2. The zero-order valence-corrected chi connectivity index (χ0v) is 11.7. The van der Waals surface area contributed by atoms with Crippen molar-refractivity contribution in [3.63, 3.8) is 0 Å². The van der Waals surface area contributed by atoms with Gasteiger partial charge in [-0.2, -0.15) is 0 Å². The number of benzene rings is 1. The highest BCUT2D eigenvalue weighted by Crippen LogP contribution is 2.32. The number of aromatic amines is 2. The van der Waals surface area contributed by atoms with E-state index in [0.717, 1.165) is 33.1 Å². The maximum atomic E-state index is 4.71. The molecule has 4 heterocycles. The molecule has 0 aliphatic carbocycles. The number of nitrogens with zero attached hydrogens (tertiary/aromatic N) is 2. The zero-order valence-electron chi connectivity index (χ0n) is 11.7. The highest BCUT2D eigenvalue weighted by molar-refractivity contribution is 6.10. The summed E-state index contributed by atoms with van der Waals surface area (Å²) in [5.41, 5.74) is 4.98. The van der Waals surface area contributed by atoms with E-state index in [-0.39, 0.29) is 0 Å². The maximum absolute atomic E-state index is 4.71. The molecule has 0 saturated carbocycles. The minimum Gasteiger partial charge on any atom is -0.345 e. The van der Waals surface area contributed by atoms with E-state index in [0.29, 0.717) is 0 Å². The lowest BCUT2D eigenvalue weighted by atomic mass is 10.1. The Hall–Kier alpha value is -3.14. The normalized spacial score (nSPS) is 11.6. The van der Waals surface area contributed by atoms with Crippen molar-refractivity contribution in [3.05, 3.63) is 60.9 Å². The van der Waals surface area contributed by atoms with Crippen LogP contribution in [0.1, 0.15) is 0 Å². The van der Waals surface area contributed by atoms with Gasteiger partial charge in [0.05, 0.1) is 0 Å². The van der Waals surface area contributed by atoms with Crippen molar-refractivity contribution in [2.75, 3.05) is 0 Å². The number of hydrogen-bond acceptors (Lipinski definition) is 2. The van der Waals surface area contributed by atoms with Crippen LogP contribution in [-0.2, 0) is 0 Å². The molecule has 5 aromatic rings. The van der Waals surface area contributed by atoms with Gasteiger partial charge in [-0.15, -0.1) is 0 Å². The molecule has 0 spiro atoms. The topological polar surface area (TPSA) is 57.4 Å². The van der Waals surface area contributed by atoms with Crippen molar-refractivity contribution in [1.29, 1.82) is 0 Å². The fourth-order valence-electron chi connectivity index (χ4n) is 3.04. The number of nitrogens with one attached hydrogen (secondary N) is 2. The Labute approximate surface area is 125 Å². The maximum Gasteiger partial charge on any atom is 0.142 e. The summed E-state index contributed by atoms with van der Waals surface area (Å²) in [6, 6.07) is 16.6. The molecule has 4 aromatic heterocycles. The predicted octanol–water partition coefficient (Wildman–Crippen LogP) is 4.26. The lowest BCUT2D eigenvalue weighted by molar-refractivity contribution is 1.30. The first-order chi connectivity index (χ1) is 10.9. The molecular formula is C18H12N4. The van der Waals surface area contributed by atoms with Crippen molar-refractivity contribution in [2.24, 2.45) is 0 Å². The Morgan fingerprint density at radius 2 is 1.68 bits per heavy atom. The molecule has 1 aromatic carbocycles. The van der Waals surface area contributed by atoms with Crippen LogP contribution in [0.4, 0.5) is 0 Å². The Morgan fingerprint density at radius 1 is 0.773 bits per heavy atom. The van der Waals surface area contributed by atoms with Gasteiger partial charge >= 0.3 is 0 Å². The van der Waals surface area contributed by atoms with E-state index >= 15 is 0 Å². The van der Waals surface area contributed by atoms with E-state index in [1.807, 2.05) is 18.3 Å². The fraction of sp³-hybridized carbons (Fsp3) is 0. The Kier molecular flexibility index (Phi) is 2.19. The zero-order chi connectivity index (χ0) is 14.5. The molecule has 0 fully saturated rings. The van der Waals surface area contributed by atoms with E-state index in [4.69, 9.17) is 4.98 Å². The molecule has 2 N–H and O–H groups in total. The quantitative estimate of drug-likeness (QED) is 0.483. The standard InChI is InChI=1S/C18H12N4/c1-2-5-11(6-3-1)15-10-20-17-14(15)9-13-12-7-4-8-19-16(12)21-18(13)22-17/h1-10H,(H2,19,20,21,22). The van der Waals surface area contributed by atoms with Gasteiger partial charge < -0.3 is 9.97 Å². The fourth-order valence-corrected chi connectivity index (χ4v) is 3.04. The summed E-state index contributed by atoms with van der Waals surface area (Å²) in [6.45, 7) is 0. The van der Waals surface area contributed by atoms with Crippen LogP contribution in [0.3, 0.4) is 0 Å². The number of aromatic nitrogens is 4. The molecule has 0 atom stereocenters. The van der Waals surface area contributed by atoms with Crippen LogP contribution in [0, 0.1) is 0 Å². The van der Waals surface area contributed by atoms with Gasteiger partial charge in [0.1, 0.15) is 16.9 Å². The minimum absolute atomic E-state index is 0.864. The third-order valence-electron chi connectivity index (χ3n) is 4.09. The molecule has 0 unspecified atom stereocenters. The monoisotopic (exact) mass is 284 g/mol. The van der Waals surface area contributed by atoms with Gasteiger partial charge in [0.2, 0.25) is 0 Å². The molecule has 0 aliphatic rings. The molecule has 0 aliphatic heterocycles. The smallest absolute Gasteiger partial charge is 0.142 e. The Bertz CT molecular complexity index is 1120. The molecule has 0 amide bonds. The first kappa shape index (κ1) is 11.5. The van der Waals surface area contributed by atoms with Gasteiger partial charge in [-0.1, -0.05) is 30.3 Å². The summed E-state index contributed by atoms with van der Waals surface area (Å²) in [5, 5.41) is 3.34. The van der Waals surface area contributed by atoms with Crippen LogP contribution in [0.5, 0.6) is 0 Å². The van der Waals surface area contributed by atoms with Gasteiger partial charge in [0.15, 0.2) is 0 Å². The third-order valence-corrected chi connectivity index (χ3v) is 4.09. The number of pyridine rings is 2. The number of rotatable bonds is 1. The average Bonchev–Trinajstić information content (AvgIpc) is 3.14. The van der Waals surface area contributed by atoms with E-state index in [9.17, 15) is 0 Å². The highest BCUT2D eigenvalue weighted by Gasteiger charge is 2.12. The van der Waals surface area contributed by atoms with Crippen LogP contribution in [0.15, 0.2) is 60.9 Å². The van der Waals surface area contributed by atoms with Crippen molar-refractivity contribution < 1.29 is 0 Å². The second kappa shape index (κ2) is 4.18. The van der Waals surface area contributed by atoms with Crippen LogP contribution < -0.4 is 0 Å². The van der Waals surface area contributed by atoms with E-state index in [2.05, 4.69) is 51.4 Å². The van der Waals surface area contributed by atoms with Gasteiger partial charge in [-0.05, 0) is 23.8 Å². The molecular weight excluding hydrogens is 272 g/mol. The molecule has 0 radical (unpaired) electrons. The minimum atomic E-state index is 0.864. The molecule has 22 heavy (non-hydrogen) atoms. The Balaban J connectivity index is 1.89. The predicted molar refractivity (Wildman–Crippen MR) is 88.7 cm³/mol. The summed E-state index contributed by atoms with van der Waals surface area (Å²) in [5.74, 6) is 0. The number of hydrogen-bond donors (Lipinski definition) is 2. The van der Waals surface area contributed by atoms with Crippen molar-refractivity contribution in [2.45, 2.75) is 0 Å². The molecule has 4 heteroatoms. The lowest BCUT2D eigenvalue weighted by Gasteiger charge is -1.99. The number of fused-ring (bicyclic) bond motifs is 4. The summed E-state index contributed by atoms with van der Waals surface area (Å²) < 4.78 is 0. The van der Waals surface area contributed by atoms with Gasteiger partial charge in [0.25, 0.3) is 0 Å². The molecule has 5 rings (SSSR count). The lowest BCUT2D eigenvalue weighted by Crippen LogP contribution is -1.80. The van der Waals surface area contributed by atoms with E-state index < -0.39 is 0 Å². The largest absolute Gasteiger partial charge is 0.345 e. The van der Waals surface area contributed by atoms with Crippen LogP contribution >= 0.6 is 0 Å². The molecule has 104 valence electrons. The van der Waals surface area contributed by atoms with Crippen molar-refractivity contribution >= 4 is 33.1 Å². The van der Waals surface area contributed by atoms with E-state index in [1.165, 1.54) is 11.1 Å². The summed E-state index contributed by atoms with van der Waals surface area (Å²) >= 11 is 0. The first-order valence-electron chi connectivity index (χ1n) is 7.20. The van der Waals surface area contributed by atoms with Gasteiger partial charge in [-0.25, -0.2) is 9.97 Å². The Morgan fingerprint density at radius 3 is 2.59 bits per heavy atom. The first-order valence-corrected chi connectivity index (χ1v) is 7.20. The summed E-state index contributed by atoms with van der Waals surface area (Å²) in [4.78, 5) is 15.6. The van der Waals surface area contributed by atoms with E-state index in [1.54, 1.807) is 6.20 Å². The SMILES string of the molecule is c1ccc(-c2c[nH]c3nc4[nH]c5ncccc5c4cc23)cc1. The third kappa shape index (κ3) is 1.52. The second-order valence-corrected chi connectivity index (χ2v) is 5.37. The van der Waals surface area contributed by atoms with Crippen LogP contribution in [0.2, 0.25) is 0 Å². The highest BCUT2D eigenvalue weighted by atomic mass is 15.0. The van der Waals surface area contributed by atoms with Crippen LogP contribution in [0.25, 0.3) is 44.2 Å². The van der Waals surface area contributed by atoms with Gasteiger partial charge in [-0.3, -0.25) is 0 Å². The summed E-state index contributed by atoms with van der Waals surface area (Å²) in [7, 11) is 0. The molecule has 4 nitrogen and oxygen atoms in total.